The van der Waals surface area contributed by atoms with Crippen molar-refractivity contribution in [2.45, 2.75) is 20.4 Å². The highest BCUT2D eigenvalue weighted by Crippen LogP contribution is 2.23. The van der Waals surface area contributed by atoms with Crippen LogP contribution in [0.1, 0.15) is 27.5 Å². The lowest BCUT2D eigenvalue weighted by Gasteiger charge is -2.20. The third kappa shape index (κ3) is 2.76. The van der Waals surface area contributed by atoms with Crippen LogP contribution in [0.15, 0.2) is 16.7 Å². The molecule has 5 nitrogen and oxygen atoms in total. The molecule has 0 radical (unpaired) electrons. The van der Waals surface area contributed by atoms with E-state index in [4.69, 9.17) is 16.0 Å². The molecule has 2 heterocycles. The molecule has 6 heteroatoms. The molecule has 0 saturated heterocycles. The minimum absolute atomic E-state index is 0.174. The van der Waals surface area contributed by atoms with E-state index in [2.05, 4.69) is 9.97 Å². The van der Waals surface area contributed by atoms with E-state index in [-0.39, 0.29) is 5.15 Å². The van der Waals surface area contributed by atoms with Gasteiger partial charge in [0.1, 0.15) is 22.6 Å². The molecule has 2 aromatic heterocycles. The number of rotatable bonds is 4. The molecule has 2 rings (SSSR count). The van der Waals surface area contributed by atoms with Crippen molar-refractivity contribution >= 4 is 23.7 Å². The first-order valence-corrected chi connectivity index (χ1v) is 6.14. The van der Waals surface area contributed by atoms with Gasteiger partial charge < -0.3 is 9.32 Å². The van der Waals surface area contributed by atoms with Crippen molar-refractivity contribution < 1.29 is 9.21 Å². The van der Waals surface area contributed by atoms with Gasteiger partial charge in [-0.1, -0.05) is 11.6 Å². The summed E-state index contributed by atoms with van der Waals surface area (Å²) >= 11 is 5.96. The molecule has 0 fully saturated rings. The van der Waals surface area contributed by atoms with Crippen molar-refractivity contribution in [3.05, 3.63) is 40.2 Å². The van der Waals surface area contributed by atoms with Gasteiger partial charge in [-0.2, -0.15) is 0 Å². The van der Waals surface area contributed by atoms with E-state index in [0.29, 0.717) is 30.0 Å². The first-order valence-electron chi connectivity index (χ1n) is 5.76. The lowest BCUT2D eigenvalue weighted by molar-refractivity contribution is 0.112. The summed E-state index contributed by atoms with van der Waals surface area (Å²) in [6.07, 6.45) is 2.31. The molecule has 19 heavy (non-hydrogen) atoms. The highest BCUT2D eigenvalue weighted by Gasteiger charge is 2.16. The molecule has 0 aromatic carbocycles. The van der Waals surface area contributed by atoms with Crippen LogP contribution in [0.2, 0.25) is 5.15 Å². The van der Waals surface area contributed by atoms with Gasteiger partial charge in [0.25, 0.3) is 0 Å². The minimum atomic E-state index is 0.174. The Bertz CT molecular complexity index is 610. The molecule has 0 N–H and O–H groups in total. The van der Waals surface area contributed by atoms with Crippen molar-refractivity contribution in [1.29, 1.82) is 0 Å². The first-order chi connectivity index (χ1) is 9.02. The van der Waals surface area contributed by atoms with Gasteiger partial charge in [-0.25, -0.2) is 9.97 Å². The number of hydrogen-bond acceptors (Lipinski definition) is 5. The molecule has 0 aliphatic carbocycles. The molecule has 0 unspecified atom stereocenters. The summed E-state index contributed by atoms with van der Waals surface area (Å²) in [4.78, 5) is 21.2. The van der Waals surface area contributed by atoms with Crippen LogP contribution in [0.5, 0.6) is 0 Å². The summed E-state index contributed by atoms with van der Waals surface area (Å²) in [5, 5.41) is 0.174. The van der Waals surface area contributed by atoms with E-state index in [1.807, 2.05) is 24.9 Å². The molecule has 0 spiro atoms. The fourth-order valence-electron chi connectivity index (χ4n) is 1.83. The van der Waals surface area contributed by atoms with Gasteiger partial charge in [0.05, 0.1) is 11.8 Å². The van der Waals surface area contributed by atoms with Crippen LogP contribution in [0, 0.1) is 13.8 Å². The standard InChI is InChI=1S/C13H14ClN3O2/c1-8-10(4-5-19-8)6-17(3)13-11(7-18)12(14)15-9(2)16-13/h4-5,7H,6H2,1-3H3. The van der Waals surface area contributed by atoms with Gasteiger partial charge in [-0.15, -0.1) is 0 Å². The molecule has 100 valence electrons. The second-order valence-corrected chi connectivity index (χ2v) is 4.63. The first kappa shape index (κ1) is 13.5. The van der Waals surface area contributed by atoms with E-state index >= 15 is 0 Å². The second kappa shape index (κ2) is 5.40. The average molecular weight is 280 g/mol. The Labute approximate surface area is 116 Å². The monoisotopic (exact) mass is 279 g/mol. The average Bonchev–Trinajstić information content (AvgIpc) is 2.74. The fraction of sp³-hybridized carbons (Fsp3) is 0.308. The molecule has 0 bridgehead atoms. The van der Waals surface area contributed by atoms with Crippen molar-refractivity contribution in [3.8, 4) is 0 Å². The second-order valence-electron chi connectivity index (χ2n) is 4.27. The largest absolute Gasteiger partial charge is 0.469 e. The van der Waals surface area contributed by atoms with Gasteiger partial charge in [-0.3, -0.25) is 4.79 Å². The van der Waals surface area contributed by atoms with Gasteiger partial charge in [-0.05, 0) is 19.9 Å². The Morgan fingerprint density at radius 1 is 1.42 bits per heavy atom. The summed E-state index contributed by atoms with van der Waals surface area (Å²) in [6, 6.07) is 1.89. The predicted octanol–water partition coefficient (Wildman–Crippen LogP) is 2.79. The van der Waals surface area contributed by atoms with Crippen LogP contribution < -0.4 is 4.90 Å². The van der Waals surface area contributed by atoms with Gasteiger partial charge in [0.15, 0.2) is 6.29 Å². The van der Waals surface area contributed by atoms with E-state index in [1.54, 1.807) is 13.2 Å². The lowest BCUT2D eigenvalue weighted by Crippen LogP contribution is -2.20. The maximum atomic E-state index is 11.1. The van der Waals surface area contributed by atoms with Crippen LogP contribution >= 0.6 is 11.6 Å². The third-order valence-electron chi connectivity index (χ3n) is 2.84. The number of anilines is 1. The number of nitrogens with zero attached hydrogens (tertiary/aromatic N) is 3. The number of aromatic nitrogens is 2. The SMILES string of the molecule is Cc1nc(Cl)c(C=O)c(N(C)Cc2ccoc2C)n1. The molecular formula is C13H14ClN3O2. The highest BCUT2D eigenvalue weighted by molar-refractivity contribution is 6.32. The van der Waals surface area contributed by atoms with Crippen LogP contribution in [-0.2, 0) is 6.54 Å². The van der Waals surface area contributed by atoms with Crippen LogP contribution in [0.25, 0.3) is 0 Å². The van der Waals surface area contributed by atoms with Crippen LogP contribution in [0.4, 0.5) is 5.82 Å². The molecule has 0 atom stereocenters. The molecule has 0 amide bonds. The highest BCUT2D eigenvalue weighted by atomic mass is 35.5. The molecule has 2 aromatic rings. The third-order valence-corrected chi connectivity index (χ3v) is 3.13. The van der Waals surface area contributed by atoms with Crippen molar-refractivity contribution in [1.82, 2.24) is 9.97 Å². The Balaban J connectivity index is 2.36. The normalized spacial score (nSPS) is 10.5. The number of halogens is 1. The van der Waals surface area contributed by atoms with Crippen molar-refractivity contribution in [2.24, 2.45) is 0 Å². The molecule has 0 aliphatic rings. The van der Waals surface area contributed by atoms with Gasteiger partial charge >= 0.3 is 0 Å². The summed E-state index contributed by atoms with van der Waals surface area (Å²) in [7, 11) is 1.84. The number of carbonyl (C=O) groups is 1. The summed E-state index contributed by atoms with van der Waals surface area (Å²) in [5.74, 6) is 1.89. The van der Waals surface area contributed by atoms with Gasteiger partial charge in [0, 0.05) is 19.2 Å². The van der Waals surface area contributed by atoms with E-state index in [1.165, 1.54) is 0 Å². The fourth-order valence-corrected chi connectivity index (χ4v) is 2.08. The molecular weight excluding hydrogens is 266 g/mol. The zero-order valence-corrected chi connectivity index (χ0v) is 11.7. The number of carbonyl (C=O) groups excluding carboxylic acids is 1. The van der Waals surface area contributed by atoms with Crippen molar-refractivity contribution in [2.75, 3.05) is 11.9 Å². The smallest absolute Gasteiger partial charge is 0.156 e. The zero-order valence-electron chi connectivity index (χ0n) is 11.0. The predicted molar refractivity (Wildman–Crippen MR) is 72.7 cm³/mol. The summed E-state index contributed by atoms with van der Waals surface area (Å²) in [5.41, 5.74) is 1.34. The van der Waals surface area contributed by atoms with E-state index in [9.17, 15) is 4.79 Å². The molecule has 0 saturated carbocycles. The minimum Gasteiger partial charge on any atom is -0.469 e. The topological polar surface area (TPSA) is 59.2 Å². The number of hydrogen-bond donors (Lipinski definition) is 0. The van der Waals surface area contributed by atoms with Crippen LogP contribution in [-0.4, -0.2) is 23.3 Å². The quantitative estimate of drug-likeness (QED) is 0.636. The summed E-state index contributed by atoms with van der Waals surface area (Å²) in [6.45, 7) is 4.21. The van der Waals surface area contributed by atoms with E-state index < -0.39 is 0 Å². The molecule has 0 aliphatic heterocycles. The van der Waals surface area contributed by atoms with Gasteiger partial charge in [0.2, 0.25) is 0 Å². The number of furan rings is 1. The number of aryl methyl sites for hydroxylation is 2. The zero-order chi connectivity index (χ0) is 14.0. The Kier molecular flexibility index (Phi) is 3.85. The summed E-state index contributed by atoms with van der Waals surface area (Å²) < 4.78 is 5.25. The maximum Gasteiger partial charge on any atom is 0.156 e. The van der Waals surface area contributed by atoms with Crippen molar-refractivity contribution in [3.63, 3.8) is 0 Å². The number of aldehydes is 1. The Hall–Kier alpha value is -1.88. The van der Waals surface area contributed by atoms with Crippen LogP contribution in [0.3, 0.4) is 0 Å². The maximum absolute atomic E-state index is 11.1. The van der Waals surface area contributed by atoms with E-state index in [0.717, 1.165) is 11.3 Å². The Morgan fingerprint density at radius 2 is 2.16 bits per heavy atom. The lowest BCUT2D eigenvalue weighted by atomic mass is 10.2. The Morgan fingerprint density at radius 3 is 2.74 bits per heavy atom.